The molecule has 0 saturated heterocycles. The van der Waals surface area contributed by atoms with E-state index >= 15 is 0 Å². The third-order valence-electron chi connectivity index (χ3n) is 3.84. The van der Waals surface area contributed by atoms with Crippen LogP contribution in [0.1, 0.15) is 30.6 Å². The van der Waals surface area contributed by atoms with Gasteiger partial charge in [-0.3, -0.25) is 14.4 Å². The van der Waals surface area contributed by atoms with Gasteiger partial charge < -0.3 is 15.6 Å². The van der Waals surface area contributed by atoms with Gasteiger partial charge in [0.15, 0.2) is 5.78 Å². The predicted octanol–water partition coefficient (Wildman–Crippen LogP) is 3.43. The molecule has 0 radical (unpaired) electrons. The number of hydrogen-bond donors (Lipinski definition) is 2. The minimum atomic E-state index is -1.19. The molecule has 0 bridgehead atoms. The zero-order chi connectivity index (χ0) is 22.0. The van der Waals surface area contributed by atoms with Gasteiger partial charge in [0.05, 0.1) is 24.6 Å². The van der Waals surface area contributed by atoms with Crippen LogP contribution < -0.4 is 5.73 Å². The standard InChI is InChI=1S/C17H14F2O3.C4H9NO2/c1-10(17(21)22)9-14(20)15-13(18)8-7-12(16(15)19)11-5-3-2-4-6-11;1-2-7-4(6)3-5/h2-8,10H,9H2,1H3,(H,21,22);2-3,5H2,1H3. The highest BCUT2D eigenvalue weighted by molar-refractivity contribution is 5.99. The maximum absolute atomic E-state index is 14.5. The number of Topliss-reactive ketones (excluding diaryl/α,β-unsaturated/α-hetero) is 1. The second-order valence-electron chi connectivity index (χ2n) is 6.03. The highest BCUT2D eigenvalue weighted by Crippen LogP contribution is 2.28. The molecule has 29 heavy (non-hydrogen) atoms. The molecule has 2 aromatic carbocycles. The molecule has 1 atom stereocenters. The molecule has 8 heteroatoms. The fourth-order valence-corrected chi connectivity index (χ4v) is 2.34. The van der Waals surface area contributed by atoms with E-state index in [4.69, 9.17) is 10.8 Å². The molecule has 6 nitrogen and oxygen atoms in total. The number of nitrogens with two attached hydrogens (primary N) is 1. The molecule has 3 N–H and O–H groups in total. The second-order valence-corrected chi connectivity index (χ2v) is 6.03. The summed E-state index contributed by atoms with van der Waals surface area (Å²) in [6.07, 6.45) is -0.457. The van der Waals surface area contributed by atoms with Crippen molar-refractivity contribution in [3.8, 4) is 11.1 Å². The first-order chi connectivity index (χ1) is 13.7. The smallest absolute Gasteiger partial charge is 0.319 e. The van der Waals surface area contributed by atoms with E-state index in [-0.39, 0.29) is 18.1 Å². The Kier molecular flexibility index (Phi) is 9.61. The summed E-state index contributed by atoms with van der Waals surface area (Å²) in [5.74, 6) is -5.35. The van der Waals surface area contributed by atoms with E-state index in [2.05, 4.69) is 4.74 Å². The minimum Gasteiger partial charge on any atom is -0.481 e. The zero-order valence-electron chi connectivity index (χ0n) is 16.2. The van der Waals surface area contributed by atoms with Crippen molar-refractivity contribution in [1.29, 1.82) is 0 Å². The van der Waals surface area contributed by atoms with Crippen LogP contribution in [0, 0.1) is 17.6 Å². The third-order valence-corrected chi connectivity index (χ3v) is 3.84. The van der Waals surface area contributed by atoms with Gasteiger partial charge in [-0.2, -0.15) is 0 Å². The van der Waals surface area contributed by atoms with Crippen molar-refractivity contribution in [1.82, 2.24) is 0 Å². The van der Waals surface area contributed by atoms with E-state index in [0.717, 1.165) is 6.07 Å². The van der Waals surface area contributed by atoms with Crippen LogP contribution in [0.5, 0.6) is 0 Å². The Labute approximate surface area is 167 Å². The summed E-state index contributed by atoms with van der Waals surface area (Å²) < 4.78 is 32.8. The van der Waals surface area contributed by atoms with Gasteiger partial charge in [-0.05, 0) is 24.6 Å². The fraction of sp³-hybridized carbons (Fsp3) is 0.286. The van der Waals surface area contributed by atoms with E-state index in [1.807, 2.05) is 0 Å². The van der Waals surface area contributed by atoms with E-state index in [9.17, 15) is 23.2 Å². The van der Waals surface area contributed by atoms with Gasteiger partial charge in [0.25, 0.3) is 0 Å². The lowest BCUT2D eigenvalue weighted by Crippen LogP contribution is -2.17. The highest BCUT2D eigenvalue weighted by Gasteiger charge is 2.24. The average molecular weight is 407 g/mol. The van der Waals surface area contributed by atoms with E-state index < -0.39 is 41.3 Å². The second kappa shape index (κ2) is 11.7. The molecule has 0 aliphatic rings. The molecular weight excluding hydrogens is 384 g/mol. The molecule has 0 aliphatic carbocycles. The van der Waals surface area contributed by atoms with Gasteiger partial charge >= 0.3 is 11.9 Å². The van der Waals surface area contributed by atoms with Gasteiger partial charge in [0.1, 0.15) is 11.6 Å². The number of esters is 1. The molecule has 0 amide bonds. The summed E-state index contributed by atoms with van der Waals surface area (Å²) in [7, 11) is 0. The lowest BCUT2D eigenvalue weighted by atomic mass is 9.95. The first-order valence-electron chi connectivity index (χ1n) is 8.87. The Bertz CT molecular complexity index is 856. The first kappa shape index (κ1) is 23.9. The van der Waals surface area contributed by atoms with E-state index in [1.165, 1.54) is 13.0 Å². The Morgan fingerprint density at radius 3 is 2.21 bits per heavy atom. The highest BCUT2D eigenvalue weighted by atomic mass is 19.1. The van der Waals surface area contributed by atoms with Crippen molar-refractivity contribution < 1.29 is 33.0 Å². The first-order valence-corrected chi connectivity index (χ1v) is 8.87. The number of ketones is 1. The number of carboxylic acids is 1. The summed E-state index contributed by atoms with van der Waals surface area (Å²) in [6.45, 7) is 3.45. The summed E-state index contributed by atoms with van der Waals surface area (Å²) in [4.78, 5) is 32.9. The number of carbonyl (C=O) groups excluding carboxylic acids is 2. The van der Waals surface area contributed by atoms with E-state index in [1.54, 1.807) is 37.3 Å². The van der Waals surface area contributed by atoms with Crippen LogP contribution in [0.4, 0.5) is 8.78 Å². The maximum atomic E-state index is 14.5. The van der Waals surface area contributed by atoms with Crippen LogP contribution in [0.15, 0.2) is 42.5 Å². The van der Waals surface area contributed by atoms with Crippen molar-refractivity contribution in [2.75, 3.05) is 13.2 Å². The molecule has 1 unspecified atom stereocenters. The van der Waals surface area contributed by atoms with Gasteiger partial charge in [0.2, 0.25) is 0 Å². The number of aliphatic carboxylic acids is 1. The zero-order valence-corrected chi connectivity index (χ0v) is 16.2. The summed E-state index contributed by atoms with van der Waals surface area (Å²) in [5.41, 5.74) is 4.82. The number of halogens is 2. The number of carboxylic acid groups (broad SMARTS) is 1. The lowest BCUT2D eigenvalue weighted by molar-refractivity contribution is -0.142. The number of hydrogen-bond acceptors (Lipinski definition) is 5. The summed E-state index contributed by atoms with van der Waals surface area (Å²) in [5, 5.41) is 8.81. The number of carbonyl (C=O) groups is 3. The Balaban J connectivity index is 0.000000516. The maximum Gasteiger partial charge on any atom is 0.319 e. The van der Waals surface area contributed by atoms with Crippen molar-refractivity contribution in [2.24, 2.45) is 11.7 Å². The van der Waals surface area contributed by atoms with Gasteiger partial charge in [-0.1, -0.05) is 37.3 Å². The summed E-state index contributed by atoms with van der Waals surface area (Å²) in [6, 6.07) is 10.7. The average Bonchev–Trinajstić information content (AvgIpc) is 2.69. The van der Waals surface area contributed by atoms with Crippen molar-refractivity contribution >= 4 is 17.7 Å². The normalized spacial score (nSPS) is 11.1. The molecule has 156 valence electrons. The Hall–Kier alpha value is -3.13. The fourth-order valence-electron chi connectivity index (χ4n) is 2.34. The van der Waals surface area contributed by atoms with Crippen LogP contribution >= 0.6 is 0 Å². The van der Waals surface area contributed by atoms with Crippen LogP contribution in [-0.2, 0) is 14.3 Å². The topological polar surface area (TPSA) is 107 Å². The third kappa shape index (κ3) is 7.08. The number of ether oxygens (including phenoxy) is 1. The summed E-state index contributed by atoms with van der Waals surface area (Å²) >= 11 is 0. The number of rotatable bonds is 7. The van der Waals surface area contributed by atoms with E-state index in [0.29, 0.717) is 12.2 Å². The SMILES string of the molecule is CC(CC(=O)c1c(F)ccc(-c2ccccc2)c1F)C(=O)O.CCOC(=O)CN. The van der Waals surface area contributed by atoms with Crippen molar-refractivity contribution in [3.63, 3.8) is 0 Å². The minimum absolute atomic E-state index is 0.0200. The van der Waals surface area contributed by atoms with Gasteiger partial charge in [-0.25, -0.2) is 8.78 Å². The van der Waals surface area contributed by atoms with Crippen LogP contribution in [-0.4, -0.2) is 36.0 Å². The molecule has 2 rings (SSSR count). The van der Waals surface area contributed by atoms with Crippen LogP contribution in [0.2, 0.25) is 0 Å². The molecular formula is C21H23F2NO5. The van der Waals surface area contributed by atoms with Crippen molar-refractivity contribution in [3.05, 3.63) is 59.7 Å². The molecule has 0 aliphatic heterocycles. The quantitative estimate of drug-likeness (QED) is 0.538. The number of benzene rings is 2. The molecule has 2 aromatic rings. The van der Waals surface area contributed by atoms with Crippen LogP contribution in [0.25, 0.3) is 11.1 Å². The molecule has 0 fully saturated rings. The van der Waals surface area contributed by atoms with Gasteiger partial charge in [0, 0.05) is 12.0 Å². The van der Waals surface area contributed by atoms with Crippen molar-refractivity contribution in [2.45, 2.75) is 20.3 Å². The molecule has 0 aromatic heterocycles. The largest absolute Gasteiger partial charge is 0.481 e. The Morgan fingerprint density at radius 1 is 1.10 bits per heavy atom. The monoisotopic (exact) mass is 407 g/mol. The van der Waals surface area contributed by atoms with Gasteiger partial charge in [-0.15, -0.1) is 0 Å². The lowest BCUT2D eigenvalue weighted by Gasteiger charge is -2.10. The van der Waals surface area contributed by atoms with Crippen LogP contribution in [0.3, 0.4) is 0 Å². The molecule has 0 saturated carbocycles. The predicted molar refractivity (Wildman–Crippen MR) is 103 cm³/mol. The molecule has 0 spiro atoms. The molecule has 0 heterocycles. The Morgan fingerprint density at radius 2 is 1.72 bits per heavy atom.